The van der Waals surface area contributed by atoms with Gasteiger partial charge in [-0.05, 0) is 60.1 Å². The Hall–Kier alpha value is -3.74. The fraction of sp³-hybridized carbons (Fsp3) is 0.533. The second kappa shape index (κ2) is 14.4. The van der Waals surface area contributed by atoms with E-state index in [0.717, 1.165) is 11.1 Å². The summed E-state index contributed by atoms with van der Waals surface area (Å²) >= 11 is 0. The molecule has 2 aromatic rings. The van der Waals surface area contributed by atoms with Crippen molar-refractivity contribution in [2.45, 2.75) is 88.1 Å². The first kappa shape index (κ1) is 35.1. The van der Waals surface area contributed by atoms with Crippen molar-refractivity contribution >= 4 is 11.9 Å². The SMILES string of the molecule is CC(Cc1ccc(O[C@@H]2O[C@H](C(=O)O)[C@@H](O)[C@H](O)[C@H]2O)c(O)c1)C(C)Cc1ccc(O[C@@H]2O[C@H](C(=O)O)[C@@H](O)[C@H](O)[C@H]2O)c(O)c1. The number of carboxylic acid groups (broad SMARTS) is 2. The summed E-state index contributed by atoms with van der Waals surface area (Å²) in [6.07, 6.45) is -17.1. The Morgan fingerprint density at radius 2 is 0.978 bits per heavy atom. The van der Waals surface area contributed by atoms with E-state index in [0.29, 0.717) is 12.8 Å². The fourth-order valence-electron chi connectivity index (χ4n) is 5.27. The van der Waals surface area contributed by atoms with Gasteiger partial charge < -0.3 is 70.0 Å². The lowest BCUT2D eigenvalue weighted by Crippen LogP contribution is -2.61. The number of carboxylic acids is 2. The molecule has 2 unspecified atom stereocenters. The van der Waals surface area contributed by atoms with Crippen LogP contribution in [0.5, 0.6) is 23.0 Å². The molecule has 0 bridgehead atoms. The second-order valence-corrected chi connectivity index (χ2v) is 11.7. The van der Waals surface area contributed by atoms with Crippen LogP contribution in [0, 0.1) is 11.8 Å². The summed E-state index contributed by atoms with van der Waals surface area (Å²) in [4.78, 5) is 22.6. The van der Waals surface area contributed by atoms with E-state index in [1.54, 1.807) is 12.1 Å². The Balaban J connectivity index is 1.34. The first-order valence-electron chi connectivity index (χ1n) is 14.4. The summed E-state index contributed by atoms with van der Waals surface area (Å²) in [5.41, 5.74) is 1.44. The van der Waals surface area contributed by atoms with Crippen LogP contribution < -0.4 is 9.47 Å². The maximum atomic E-state index is 11.3. The third kappa shape index (κ3) is 7.62. The van der Waals surface area contributed by atoms with Gasteiger partial charge in [0.2, 0.25) is 12.6 Å². The quantitative estimate of drug-likeness (QED) is 0.135. The van der Waals surface area contributed by atoms with E-state index in [1.165, 1.54) is 24.3 Å². The van der Waals surface area contributed by atoms with Gasteiger partial charge >= 0.3 is 11.9 Å². The molecule has 0 saturated carbocycles. The normalized spacial score (nSPS) is 32.7. The van der Waals surface area contributed by atoms with Crippen molar-refractivity contribution in [3.8, 4) is 23.0 Å². The zero-order valence-electron chi connectivity index (χ0n) is 24.7. The van der Waals surface area contributed by atoms with Gasteiger partial charge in [0.25, 0.3) is 0 Å². The van der Waals surface area contributed by atoms with Gasteiger partial charge in [0.05, 0.1) is 0 Å². The van der Waals surface area contributed by atoms with Crippen molar-refractivity contribution in [3.05, 3.63) is 47.5 Å². The Kier molecular flexibility index (Phi) is 11.0. The summed E-state index contributed by atoms with van der Waals surface area (Å²) in [7, 11) is 0. The maximum Gasteiger partial charge on any atom is 0.335 e. The van der Waals surface area contributed by atoms with Crippen LogP contribution in [0.25, 0.3) is 0 Å². The van der Waals surface area contributed by atoms with E-state index in [9.17, 15) is 60.7 Å². The van der Waals surface area contributed by atoms with Crippen LogP contribution in [0.1, 0.15) is 25.0 Å². The number of ether oxygens (including phenoxy) is 4. The minimum absolute atomic E-state index is 0.0485. The first-order chi connectivity index (χ1) is 21.6. The zero-order chi connectivity index (χ0) is 34.0. The van der Waals surface area contributed by atoms with Crippen LogP contribution in [0.4, 0.5) is 0 Å². The van der Waals surface area contributed by atoms with Crippen LogP contribution in [-0.2, 0) is 31.9 Å². The minimum Gasteiger partial charge on any atom is -0.504 e. The molecule has 2 aromatic carbocycles. The Morgan fingerprint density at radius 1 is 0.630 bits per heavy atom. The monoisotopic (exact) mass is 654 g/mol. The molecule has 0 spiro atoms. The van der Waals surface area contributed by atoms with Crippen LogP contribution >= 0.6 is 0 Å². The van der Waals surface area contributed by atoms with Gasteiger partial charge in [-0.15, -0.1) is 0 Å². The number of hydrogen-bond acceptors (Lipinski definition) is 14. The standard InChI is InChI=1S/C30H38O16/c1-11(7-13-3-5-17(15(31)9-13)43-29-23(37)19(33)21(35)25(45-29)27(39)40)12(2)8-14-4-6-18(16(32)10-14)44-30-24(38)20(34)22(36)26(46-30)28(41)42/h3-6,9-12,19-26,29-38H,7-8H2,1-2H3,(H,39,40)(H,41,42)/t11?,12?,19-,20-,21-,22-,23+,24+,25-,26-,29+,30+/m0/s1. The summed E-state index contributed by atoms with van der Waals surface area (Å²) < 4.78 is 21.0. The highest BCUT2D eigenvalue weighted by Gasteiger charge is 2.49. The van der Waals surface area contributed by atoms with Gasteiger partial charge in [0, 0.05) is 0 Å². The van der Waals surface area contributed by atoms with E-state index < -0.39 is 73.4 Å². The van der Waals surface area contributed by atoms with E-state index in [-0.39, 0.29) is 34.8 Å². The van der Waals surface area contributed by atoms with Gasteiger partial charge in [-0.1, -0.05) is 26.0 Å². The third-order valence-corrected chi connectivity index (χ3v) is 8.25. The molecule has 2 heterocycles. The summed E-state index contributed by atoms with van der Waals surface area (Å²) in [6, 6.07) is 8.95. The van der Waals surface area contributed by atoms with Gasteiger partial charge in [0.15, 0.2) is 35.2 Å². The molecule has 16 nitrogen and oxygen atoms in total. The predicted molar refractivity (Wildman–Crippen MR) is 152 cm³/mol. The highest BCUT2D eigenvalue weighted by atomic mass is 16.7. The number of aliphatic hydroxyl groups excluding tert-OH is 6. The summed E-state index contributed by atoms with van der Waals surface area (Å²) in [5.74, 6) is -3.99. The number of rotatable bonds is 11. The van der Waals surface area contributed by atoms with Crippen molar-refractivity contribution in [2.24, 2.45) is 11.8 Å². The lowest BCUT2D eigenvalue weighted by atomic mass is 9.85. The van der Waals surface area contributed by atoms with Crippen LogP contribution in [0.15, 0.2) is 36.4 Å². The van der Waals surface area contributed by atoms with Gasteiger partial charge in [0.1, 0.15) is 36.6 Å². The molecule has 0 radical (unpaired) electrons. The molecule has 0 aliphatic carbocycles. The number of carbonyl (C=O) groups is 2. The van der Waals surface area contributed by atoms with Crippen molar-refractivity contribution < 1.29 is 79.6 Å². The Bertz CT molecular complexity index is 1280. The van der Waals surface area contributed by atoms with Crippen molar-refractivity contribution in [3.63, 3.8) is 0 Å². The van der Waals surface area contributed by atoms with Gasteiger partial charge in [-0.25, -0.2) is 9.59 Å². The van der Waals surface area contributed by atoms with Crippen molar-refractivity contribution in [1.82, 2.24) is 0 Å². The highest BCUT2D eigenvalue weighted by Crippen LogP contribution is 2.35. The van der Waals surface area contributed by atoms with E-state index in [2.05, 4.69) is 0 Å². The first-order valence-corrected chi connectivity index (χ1v) is 14.4. The van der Waals surface area contributed by atoms with E-state index >= 15 is 0 Å². The van der Waals surface area contributed by atoms with E-state index in [1.807, 2.05) is 13.8 Å². The lowest BCUT2D eigenvalue weighted by Gasteiger charge is -2.38. The maximum absolute atomic E-state index is 11.3. The van der Waals surface area contributed by atoms with Crippen LogP contribution in [0.3, 0.4) is 0 Å². The number of phenolic OH excluding ortho intramolecular Hbond substituents is 2. The Morgan fingerprint density at radius 3 is 1.28 bits per heavy atom. The Labute approximate surface area is 262 Å². The predicted octanol–water partition coefficient (Wildman–Crippen LogP) is -1.30. The average molecular weight is 655 g/mol. The second-order valence-electron chi connectivity index (χ2n) is 11.7. The average Bonchev–Trinajstić information content (AvgIpc) is 2.99. The molecule has 16 heteroatoms. The minimum atomic E-state index is -1.88. The molecule has 0 amide bonds. The fourth-order valence-corrected chi connectivity index (χ4v) is 5.27. The van der Waals surface area contributed by atoms with Crippen LogP contribution in [0.2, 0.25) is 0 Å². The number of aliphatic hydroxyl groups is 6. The zero-order valence-corrected chi connectivity index (χ0v) is 24.7. The van der Waals surface area contributed by atoms with Crippen molar-refractivity contribution in [2.75, 3.05) is 0 Å². The summed E-state index contributed by atoms with van der Waals surface area (Å²) in [5, 5.41) is 99.4. The smallest absolute Gasteiger partial charge is 0.335 e. The molecular weight excluding hydrogens is 616 g/mol. The highest BCUT2D eigenvalue weighted by molar-refractivity contribution is 5.74. The number of aromatic hydroxyl groups is 2. The summed E-state index contributed by atoms with van der Waals surface area (Å²) in [6.45, 7) is 3.96. The molecule has 2 saturated heterocycles. The number of phenols is 2. The molecule has 4 rings (SSSR count). The van der Waals surface area contributed by atoms with Gasteiger partial charge in [-0.2, -0.15) is 0 Å². The van der Waals surface area contributed by atoms with Crippen LogP contribution in [-0.4, -0.2) is 124 Å². The molecule has 10 N–H and O–H groups in total. The molecule has 254 valence electrons. The van der Waals surface area contributed by atoms with Gasteiger partial charge in [-0.3, -0.25) is 0 Å². The molecule has 2 aliphatic heterocycles. The number of hydrogen-bond donors (Lipinski definition) is 10. The molecule has 2 aliphatic rings. The third-order valence-electron chi connectivity index (χ3n) is 8.25. The molecular formula is C30H38O16. The molecule has 46 heavy (non-hydrogen) atoms. The molecule has 2 fully saturated rings. The molecule has 12 atom stereocenters. The topological polar surface area (TPSA) is 273 Å². The van der Waals surface area contributed by atoms with E-state index in [4.69, 9.17) is 18.9 Å². The lowest BCUT2D eigenvalue weighted by molar-refractivity contribution is -0.271. The van der Waals surface area contributed by atoms with Crippen molar-refractivity contribution in [1.29, 1.82) is 0 Å². The number of aliphatic carboxylic acids is 2. The largest absolute Gasteiger partial charge is 0.504 e. The molecule has 0 aromatic heterocycles. The number of benzene rings is 2.